The average molecular weight is 363 g/mol. The van der Waals surface area contributed by atoms with Gasteiger partial charge in [-0.1, -0.05) is 35.3 Å². The summed E-state index contributed by atoms with van der Waals surface area (Å²) in [7, 11) is 0. The second kappa shape index (κ2) is 7.95. The molecule has 4 nitrogen and oxygen atoms in total. The number of amidine groups is 1. The number of pyridine rings is 2. The summed E-state index contributed by atoms with van der Waals surface area (Å²) in [4.78, 5) is 15.5. The predicted octanol–water partition coefficient (Wildman–Crippen LogP) is 4.76. The van der Waals surface area contributed by atoms with Crippen molar-refractivity contribution >= 4 is 29.0 Å². The predicted molar refractivity (Wildman–Crippen MR) is 98.5 cm³/mol. The maximum absolute atomic E-state index is 5.88. The van der Waals surface area contributed by atoms with Gasteiger partial charge in [-0.25, -0.2) is 9.97 Å². The molecule has 1 aliphatic heterocycles. The second-order valence-corrected chi connectivity index (χ2v) is 6.85. The number of aromatic nitrogens is 2. The lowest BCUT2D eigenvalue weighted by Gasteiger charge is -2.36. The number of hydrogen-bond acceptors (Lipinski definition) is 3. The number of nitrogens with zero attached hydrogens (tertiary/aromatic N) is 4. The molecule has 0 radical (unpaired) electrons. The molecular weight excluding hydrogens is 343 g/mol. The van der Waals surface area contributed by atoms with E-state index in [1.165, 1.54) is 12.8 Å². The summed E-state index contributed by atoms with van der Waals surface area (Å²) in [6, 6.07) is 8.10. The van der Waals surface area contributed by atoms with Crippen molar-refractivity contribution in [1.29, 1.82) is 0 Å². The highest BCUT2D eigenvalue weighted by molar-refractivity contribution is 6.29. The first-order chi connectivity index (χ1) is 11.6. The molecule has 0 aliphatic carbocycles. The summed E-state index contributed by atoms with van der Waals surface area (Å²) in [5.41, 5.74) is 2.22. The highest BCUT2D eigenvalue weighted by Gasteiger charge is 2.23. The standard InChI is InChI=1S/C18H20Cl2N4/c1-13-3-2-4-18(23-10-14-5-7-16(19)21-9-14)24(13)12-15-6-8-17(20)22-11-15/h5-9,11,13H,2-4,10,12H2,1H3. The Morgan fingerprint density at radius 1 is 1.08 bits per heavy atom. The van der Waals surface area contributed by atoms with Gasteiger partial charge in [0.25, 0.3) is 0 Å². The summed E-state index contributed by atoms with van der Waals surface area (Å²) in [6.07, 6.45) is 6.99. The molecule has 0 spiro atoms. The normalized spacial score (nSPS) is 19.7. The molecular formula is C18H20Cl2N4. The SMILES string of the molecule is CC1CCCC(=NCc2ccc(Cl)nc2)N1Cc1ccc(Cl)nc1. The summed E-state index contributed by atoms with van der Waals surface area (Å²) >= 11 is 11.7. The molecule has 0 aromatic carbocycles. The fourth-order valence-electron chi connectivity index (χ4n) is 2.91. The van der Waals surface area contributed by atoms with Crippen LogP contribution < -0.4 is 0 Å². The quantitative estimate of drug-likeness (QED) is 0.736. The maximum Gasteiger partial charge on any atom is 0.129 e. The van der Waals surface area contributed by atoms with Crippen LogP contribution in [0.2, 0.25) is 10.3 Å². The lowest BCUT2D eigenvalue weighted by atomic mass is 10.0. The molecule has 6 heteroatoms. The Hall–Kier alpha value is -1.65. The minimum Gasteiger partial charge on any atom is -0.353 e. The van der Waals surface area contributed by atoms with Crippen molar-refractivity contribution in [2.75, 3.05) is 0 Å². The van der Waals surface area contributed by atoms with Crippen molar-refractivity contribution in [3.63, 3.8) is 0 Å². The molecule has 0 saturated carbocycles. The number of halogens is 2. The molecule has 0 N–H and O–H groups in total. The average Bonchev–Trinajstić information content (AvgIpc) is 2.59. The number of likely N-dealkylation sites (tertiary alicyclic amines) is 1. The van der Waals surface area contributed by atoms with Gasteiger partial charge < -0.3 is 4.90 Å². The van der Waals surface area contributed by atoms with E-state index in [2.05, 4.69) is 21.8 Å². The molecule has 0 bridgehead atoms. The van der Waals surface area contributed by atoms with Crippen LogP contribution in [0.1, 0.15) is 37.3 Å². The monoisotopic (exact) mass is 362 g/mol. The van der Waals surface area contributed by atoms with E-state index >= 15 is 0 Å². The van der Waals surface area contributed by atoms with Gasteiger partial charge in [-0.3, -0.25) is 4.99 Å². The Morgan fingerprint density at radius 3 is 2.38 bits per heavy atom. The maximum atomic E-state index is 5.88. The molecule has 3 heterocycles. The zero-order chi connectivity index (χ0) is 16.9. The summed E-state index contributed by atoms with van der Waals surface area (Å²) < 4.78 is 0. The van der Waals surface area contributed by atoms with Crippen LogP contribution in [0.25, 0.3) is 0 Å². The van der Waals surface area contributed by atoms with Crippen molar-refractivity contribution in [2.45, 2.75) is 45.3 Å². The van der Waals surface area contributed by atoms with Crippen molar-refractivity contribution in [2.24, 2.45) is 4.99 Å². The molecule has 126 valence electrons. The van der Waals surface area contributed by atoms with Crippen LogP contribution >= 0.6 is 23.2 Å². The Kier molecular flexibility index (Phi) is 5.69. The summed E-state index contributed by atoms with van der Waals surface area (Å²) in [5.74, 6) is 1.15. The van der Waals surface area contributed by atoms with E-state index in [1.807, 2.05) is 24.4 Å². The zero-order valence-corrected chi connectivity index (χ0v) is 15.1. The van der Waals surface area contributed by atoms with Crippen LogP contribution in [0.15, 0.2) is 41.7 Å². The Labute approximate surface area is 152 Å². The number of piperidine rings is 1. The first-order valence-corrected chi connectivity index (χ1v) is 8.88. The van der Waals surface area contributed by atoms with E-state index < -0.39 is 0 Å². The van der Waals surface area contributed by atoms with Gasteiger partial charge in [-0.2, -0.15) is 0 Å². The minimum absolute atomic E-state index is 0.469. The molecule has 3 rings (SSSR count). The summed E-state index contributed by atoms with van der Waals surface area (Å²) in [5, 5.41) is 1.03. The Bertz CT molecular complexity index is 698. The minimum atomic E-state index is 0.469. The van der Waals surface area contributed by atoms with E-state index in [0.717, 1.165) is 29.9 Å². The number of rotatable bonds is 4. The third-order valence-electron chi connectivity index (χ3n) is 4.26. The van der Waals surface area contributed by atoms with E-state index in [4.69, 9.17) is 28.2 Å². The lowest BCUT2D eigenvalue weighted by molar-refractivity contribution is 0.272. The largest absolute Gasteiger partial charge is 0.353 e. The van der Waals surface area contributed by atoms with Crippen molar-refractivity contribution < 1.29 is 0 Å². The van der Waals surface area contributed by atoms with Crippen molar-refractivity contribution in [1.82, 2.24) is 14.9 Å². The van der Waals surface area contributed by atoms with Crippen LogP contribution in [-0.2, 0) is 13.1 Å². The van der Waals surface area contributed by atoms with Gasteiger partial charge in [0.15, 0.2) is 0 Å². The van der Waals surface area contributed by atoms with Gasteiger partial charge in [-0.15, -0.1) is 0 Å². The van der Waals surface area contributed by atoms with Crippen LogP contribution in [-0.4, -0.2) is 26.7 Å². The van der Waals surface area contributed by atoms with Crippen LogP contribution in [0.3, 0.4) is 0 Å². The lowest BCUT2D eigenvalue weighted by Crippen LogP contribution is -2.41. The van der Waals surface area contributed by atoms with Crippen molar-refractivity contribution in [3.05, 3.63) is 58.1 Å². The first-order valence-electron chi connectivity index (χ1n) is 8.12. The summed E-state index contributed by atoms with van der Waals surface area (Å²) in [6.45, 7) is 3.69. The molecule has 1 fully saturated rings. The molecule has 24 heavy (non-hydrogen) atoms. The molecule has 2 aromatic heterocycles. The first kappa shape index (κ1) is 17.2. The fourth-order valence-corrected chi connectivity index (χ4v) is 3.13. The van der Waals surface area contributed by atoms with Crippen LogP contribution in [0, 0.1) is 0 Å². The van der Waals surface area contributed by atoms with Gasteiger partial charge in [-0.05, 0) is 43.0 Å². The van der Waals surface area contributed by atoms with Gasteiger partial charge in [0.1, 0.15) is 10.3 Å². The second-order valence-electron chi connectivity index (χ2n) is 6.08. The molecule has 1 atom stereocenters. The van der Waals surface area contributed by atoms with Gasteiger partial charge >= 0.3 is 0 Å². The topological polar surface area (TPSA) is 41.4 Å². The van der Waals surface area contributed by atoms with E-state index in [1.54, 1.807) is 12.3 Å². The third kappa shape index (κ3) is 4.46. The highest BCUT2D eigenvalue weighted by atomic mass is 35.5. The Morgan fingerprint density at radius 2 is 1.75 bits per heavy atom. The molecule has 2 aromatic rings. The molecule has 0 amide bonds. The Balaban J connectivity index is 1.74. The van der Waals surface area contributed by atoms with Crippen LogP contribution in [0.5, 0.6) is 0 Å². The van der Waals surface area contributed by atoms with Gasteiger partial charge in [0.05, 0.1) is 12.4 Å². The zero-order valence-electron chi connectivity index (χ0n) is 13.6. The van der Waals surface area contributed by atoms with Crippen LogP contribution in [0.4, 0.5) is 0 Å². The molecule has 1 aliphatic rings. The van der Waals surface area contributed by atoms with E-state index in [9.17, 15) is 0 Å². The fraction of sp³-hybridized carbons (Fsp3) is 0.389. The molecule has 1 unspecified atom stereocenters. The van der Waals surface area contributed by atoms with Gasteiger partial charge in [0, 0.05) is 31.4 Å². The van der Waals surface area contributed by atoms with E-state index in [-0.39, 0.29) is 0 Å². The highest BCUT2D eigenvalue weighted by Crippen LogP contribution is 2.22. The third-order valence-corrected chi connectivity index (χ3v) is 4.71. The molecule has 1 saturated heterocycles. The number of aliphatic imine (C=N–C) groups is 1. The van der Waals surface area contributed by atoms with Crippen molar-refractivity contribution in [3.8, 4) is 0 Å². The smallest absolute Gasteiger partial charge is 0.129 e. The van der Waals surface area contributed by atoms with Gasteiger partial charge in [0.2, 0.25) is 0 Å². The van der Waals surface area contributed by atoms with E-state index in [0.29, 0.717) is 22.9 Å². The number of hydrogen-bond donors (Lipinski definition) is 0.